The first-order valence-electron chi connectivity index (χ1n) is 6.00. The second-order valence-electron chi connectivity index (χ2n) is 4.35. The van der Waals surface area contributed by atoms with E-state index in [9.17, 15) is 14.4 Å². The zero-order valence-electron chi connectivity index (χ0n) is 11.0. The Morgan fingerprint density at radius 3 is 2.75 bits per heavy atom. The fraction of sp³-hybridized carbons (Fsp3) is 0.308. The molecule has 1 heterocycles. The molecule has 2 amide bonds. The summed E-state index contributed by atoms with van der Waals surface area (Å²) in [7, 11) is 1.48. The van der Waals surface area contributed by atoms with Gasteiger partial charge in [-0.3, -0.25) is 14.5 Å². The lowest BCUT2D eigenvalue weighted by Crippen LogP contribution is -2.48. The maximum absolute atomic E-state index is 12.1. The number of amides is 2. The number of anilines is 1. The van der Waals surface area contributed by atoms with E-state index in [-0.39, 0.29) is 29.7 Å². The van der Waals surface area contributed by atoms with Crippen molar-refractivity contribution < 1.29 is 24.2 Å². The highest BCUT2D eigenvalue weighted by molar-refractivity contribution is 6.04. The quantitative estimate of drug-likeness (QED) is 0.826. The summed E-state index contributed by atoms with van der Waals surface area (Å²) in [6.07, 6.45) is -0.767. The molecule has 7 nitrogen and oxygen atoms in total. The number of benzene rings is 1. The molecule has 0 saturated carbocycles. The average Bonchev–Trinajstić information content (AvgIpc) is 2.42. The normalized spacial score (nSPS) is 17.2. The van der Waals surface area contributed by atoms with E-state index in [2.05, 4.69) is 5.32 Å². The van der Waals surface area contributed by atoms with Gasteiger partial charge in [0.05, 0.1) is 11.3 Å². The molecule has 0 bridgehead atoms. The minimum Gasteiger partial charge on any atom is -0.479 e. The van der Waals surface area contributed by atoms with Gasteiger partial charge in [-0.2, -0.15) is 0 Å². The topological polar surface area (TPSA) is 95.9 Å². The van der Waals surface area contributed by atoms with E-state index < -0.39 is 12.1 Å². The minimum atomic E-state index is -1.08. The summed E-state index contributed by atoms with van der Waals surface area (Å²) >= 11 is 0. The molecule has 1 aliphatic heterocycles. The van der Waals surface area contributed by atoms with Crippen molar-refractivity contribution in [1.82, 2.24) is 5.32 Å². The number of aromatic carboxylic acids is 1. The van der Waals surface area contributed by atoms with Gasteiger partial charge in [0.15, 0.2) is 6.10 Å². The second-order valence-corrected chi connectivity index (χ2v) is 4.35. The number of nitrogens with one attached hydrogen (secondary N) is 1. The number of rotatable bonds is 3. The van der Waals surface area contributed by atoms with Gasteiger partial charge in [0, 0.05) is 7.05 Å². The van der Waals surface area contributed by atoms with Crippen molar-refractivity contribution in [1.29, 1.82) is 0 Å². The first kappa shape index (κ1) is 13.9. The molecule has 0 aromatic heterocycles. The monoisotopic (exact) mass is 278 g/mol. The first-order valence-corrected chi connectivity index (χ1v) is 6.00. The molecule has 20 heavy (non-hydrogen) atoms. The van der Waals surface area contributed by atoms with Crippen LogP contribution in [0.2, 0.25) is 0 Å². The molecule has 2 N–H and O–H groups in total. The molecule has 1 aromatic rings. The number of carbonyl (C=O) groups is 3. The van der Waals surface area contributed by atoms with Crippen LogP contribution in [-0.4, -0.2) is 42.6 Å². The van der Waals surface area contributed by atoms with Crippen LogP contribution in [0.4, 0.5) is 5.69 Å². The second kappa shape index (κ2) is 5.20. The SMILES string of the molecule is CNC(=O)CN1C(=O)C(C)Oc2cc(C(=O)O)ccc21. The van der Waals surface area contributed by atoms with E-state index in [1.54, 1.807) is 6.92 Å². The molecule has 0 saturated heterocycles. The Hall–Kier alpha value is -2.57. The number of carboxylic acids is 1. The standard InChI is InChI=1S/C13H14N2O5/c1-7-12(17)15(6-11(16)14-2)9-4-3-8(13(18)19)5-10(9)20-7/h3-5,7H,6H2,1-2H3,(H,14,16)(H,18,19). The predicted octanol–water partition coefficient (Wildman–Crippen LogP) is 0.245. The Morgan fingerprint density at radius 1 is 1.45 bits per heavy atom. The van der Waals surface area contributed by atoms with Gasteiger partial charge in [-0.15, -0.1) is 0 Å². The van der Waals surface area contributed by atoms with Crippen molar-refractivity contribution >= 4 is 23.5 Å². The Morgan fingerprint density at radius 2 is 2.15 bits per heavy atom. The third-order valence-corrected chi connectivity index (χ3v) is 3.00. The van der Waals surface area contributed by atoms with E-state index >= 15 is 0 Å². The molecule has 0 aliphatic carbocycles. The molecule has 1 aromatic carbocycles. The summed E-state index contributed by atoms with van der Waals surface area (Å²) in [5, 5.41) is 11.4. The van der Waals surface area contributed by atoms with E-state index in [0.29, 0.717) is 5.69 Å². The Balaban J connectivity index is 2.42. The number of nitrogens with zero attached hydrogens (tertiary/aromatic N) is 1. The number of carboxylic acid groups (broad SMARTS) is 1. The van der Waals surface area contributed by atoms with E-state index in [4.69, 9.17) is 9.84 Å². The Kier molecular flexibility index (Phi) is 3.60. The van der Waals surface area contributed by atoms with Crippen LogP contribution >= 0.6 is 0 Å². The molecule has 1 aliphatic rings. The molecule has 0 fully saturated rings. The number of hydrogen-bond donors (Lipinski definition) is 2. The summed E-state index contributed by atoms with van der Waals surface area (Å²) in [5.41, 5.74) is 0.451. The van der Waals surface area contributed by atoms with Crippen molar-refractivity contribution in [3.05, 3.63) is 23.8 Å². The van der Waals surface area contributed by atoms with E-state index in [0.717, 1.165) is 0 Å². The zero-order valence-corrected chi connectivity index (χ0v) is 11.0. The molecule has 1 unspecified atom stereocenters. The summed E-state index contributed by atoms with van der Waals surface area (Å²) in [6, 6.07) is 4.17. The molecule has 0 spiro atoms. The van der Waals surface area contributed by atoms with E-state index in [1.165, 1.54) is 30.1 Å². The van der Waals surface area contributed by atoms with Crippen molar-refractivity contribution in [2.75, 3.05) is 18.5 Å². The van der Waals surface area contributed by atoms with Crippen LogP contribution in [0.1, 0.15) is 17.3 Å². The number of likely N-dealkylation sites (N-methyl/N-ethyl adjacent to an activating group) is 1. The molecular formula is C13H14N2O5. The van der Waals surface area contributed by atoms with Gasteiger partial charge in [0.25, 0.3) is 5.91 Å². The van der Waals surface area contributed by atoms with Gasteiger partial charge in [-0.1, -0.05) is 0 Å². The Bertz CT molecular complexity index is 584. The fourth-order valence-electron chi connectivity index (χ4n) is 1.93. The van der Waals surface area contributed by atoms with E-state index in [1.807, 2.05) is 0 Å². The van der Waals surface area contributed by atoms with Crippen molar-refractivity contribution in [3.8, 4) is 5.75 Å². The highest BCUT2D eigenvalue weighted by Crippen LogP contribution is 2.34. The van der Waals surface area contributed by atoms with Gasteiger partial charge < -0.3 is 15.2 Å². The van der Waals surface area contributed by atoms with Crippen LogP contribution in [-0.2, 0) is 9.59 Å². The highest BCUT2D eigenvalue weighted by Gasteiger charge is 2.33. The smallest absolute Gasteiger partial charge is 0.335 e. The molecule has 106 valence electrons. The maximum atomic E-state index is 12.1. The lowest BCUT2D eigenvalue weighted by atomic mass is 10.1. The van der Waals surface area contributed by atoms with Gasteiger partial charge >= 0.3 is 5.97 Å². The molecule has 0 radical (unpaired) electrons. The summed E-state index contributed by atoms with van der Waals surface area (Å²) < 4.78 is 5.39. The maximum Gasteiger partial charge on any atom is 0.335 e. The van der Waals surface area contributed by atoms with Crippen molar-refractivity contribution in [2.45, 2.75) is 13.0 Å². The van der Waals surface area contributed by atoms with Crippen molar-refractivity contribution in [2.24, 2.45) is 0 Å². The lowest BCUT2D eigenvalue weighted by molar-refractivity contribution is -0.128. The van der Waals surface area contributed by atoms with Gasteiger partial charge in [0.2, 0.25) is 5.91 Å². The lowest BCUT2D eigenvalue weighted by Gasteiger charge is -2.32. The summed E-state index contributed by atoms with van der Waals surface area (Å²) in [6.45, 7) is 1.41. The number of carbonyl (C=O) groups excluding carboxylic acids is 2. The van der Waals surface area contributed by atoms with Gasteiger partial charge in [-0.25, -0.2) is 4.79 Å². The Labute approximate surface area is 115 Å². The number of fused-ring (bicyclic) bond motifs is 1. The fourth-order valence-corrected chi connectivity index (χ4v) is 1.93. The zero-order chi connectivity index (χ0) is 14.9. The van der Waals surface area contributed by atoms with Crippen LogP contribution in [0.3, 0.4) is 0 Å². The first-order chi connectivity index (χ1) is 9.43. The minimum absolute atomic E-state index is 0.0604. The molecular weight excluding hydrogens is 264 g/mol. The van der Waals surface area contributed by atoms with Crippen LogP contribution in [0, 0.1) is 0 Å². The third kappa shape index (κ3) is 2.42. The third-order valence-electron chi connectivity index (χ3n) is 3.00. The molecule has 2 rings (SSSR count). The van der Waals surface area contributed by atoms with Crippen LogP contribution < -0.4 is 15.0 Å². The van der Waals surface area contributed by atoms with Crippen LogP contribution in [0.15, 0.2) is 18.2 Å². The van der Waals surface area contributed by atoms with Crippen LogP contribution in [0.5, 0.6) is 5.75 Å². The number of hydrogen-bond acceptors (Lipinski definition) is 4. The predicted molar refractivity (Wildman–Crippen MR) is 69.9 cm³/mol. The molecule has 7 heteroatoms. The average molecular weight is 278 g/mol. The van der Waals surface area contributed by atoms with Gasteiger partial charge in [-0.05, 0) is 25.1 Å². The van der Waals surface area contributed by atoms with Gasteiger partial charge in [0.1, 0.15) is 12.3 Å². The van der Waals surface area contributed by atoms with Crippen LogP contribution in [0.25, 0.3) is 0 Å². The number of ether oxygens (including phenoxy) is 1. The highest BCUT2D eigenvalue weighted by atomic mass is 16.5. The van der Waals surface area contributed by atoms with Crippen molar-refractivity contribution in [3.63, 3.8) is 0 Å². The summed E-state index contributed by atoms with van der Waals surface area (Å²) in [4.78, 5) is 35.8. The molecule has 1 atom stereocenters. The summed E-state index contributed by atoms with van der Waals surface area (Å²) in [5.74, 6) is -1.47. The largest absolute Gasteiger partial charge is 0.479 e.